The lowest BCUT2D eigenvalue weighted by Gasteiger charge is -2.46. The van der Waals surface area contributed by atoms with E-state index in [-0.39, 0.29) is 23.9 Å². The van der Waals surface area contributed by atoms with E-state index in [0.717, 1.165) is 31.6 Å². The minimum absolute atomic E-state index is 0.0491. The van der Waals surface area contributed by atoms with Crippen LogP contribution in [0.1, 0.15) is 19.8 Å². The zero-order valence-corrected chi connectivity index (χ0v) is 12.3. The highest BCUT2D eigenvalue weighted by molar-refractivity contribution is 5.95. The number of hydrogen-bond donors (Lipinski definition) is 2. The van der Waals surface area contributed by atoms with Crippen LogP contribution in [0.3, 0.4) is 0 Å². The Morgan fingerprint density at radius 1 is 1.38 bits per heavy atom. The maximum Gasteiger partial charge on any atom is 0.253 e. The molecule has 2 N–H and O–H groups in total. The Labute approximate surface area is 124 Å². The molecular formula is C16H22N2O3. The van der Waals surface area contributed by atoms with Crippen molar-refractivity contribution in [3.63, 3.8) is 0 Å². The fourth-order valence-corrected chi connectivity index (χ4v) is 3.33. The van der Waals surface area contributed by atoms with E-state index in [1.807, 2.05) is 6.07 Å². The maximum absolute atomic E-state index is 12.2. The second-order valence-electron chi connectivity index (χ2n) is 6.13. The van der Waals surface area contributed by atoms with Crippen LogP contribution < -0.4 is 10.2 Å². The molecule has 3 rings (SSSR count). The van der Waals surface area contributed by atoms with E-state index in [9.17, 15) is 9.90 Å². The molecule has 2 aliphatic rings. The van der Waals surface area contributed by atoms with E-state index < -0.39 is 0 Å². The Balaban J connectivity index is 1.82. The van der Waals surface area contributed by atoms with Gasteiger partial charge in [-0.25, -0.2) is 0 Å². The number of ether oxygens (including phenoxy) is 1. The van der Waals surface area contributed by atoms with Crippen LogP contribution in [0.2, 0.25) is 0 Å². The second kappa shape index (κ2) is 5.66. The van der Waals surface area contributed by atoms with Gasteiger partial charge in [-0.1, -0.05) is 6.07 Å². The van der Waals surface area contributed by atoms with Crippen molar-refractivity contribution in [2.75, 3.05) is 31.1 Å². The summed E-state index contributed by atoms with van der Waals surface area (Å²) in [5.74, 6) is 0.578. The number of benzene rings is 1. The van der Waals surface area contributed by atoms with E-state index in [1.165, 1.54) is 0 Å². The maximum atomic E-state index is 12.2. The molecule has 0 radical (unpaired) electrons. The van der Waals surface area contributed by atoms with Gasteiger partial charge in [0.25, 0.3) is 5.91 Å². The summed E-state index contributed by atoms with van der Waals surface area (Å²) in [5.41, 5.74) is 0.421. The van der Waals surface area contributed by atoms with Crippen LogP contribution in [-0.2, 0) is 9.53 Å². The van der Waals surface area contributed by atoms with Crippen LogP contribution in [0.15, 0.2) is 24.3 Å². The Kier molecular flexibility index (Phi) is 3.87. The van der Waals surface area contributed by atoms with Gasteiger partial charge in [0.2, 0.25) is 0 Å². The summed E-state index contributed by atoms with van der Waals surface area (Å²) in [5, 5.41) is 13.0. The second-order valence-corrected chi connectivity index (χ2v) is 6.13. The number of carbonyl (C=O) groups excluding carboxylic acids is 1. The topological polar surface area (TPSA) is 61.8 Å². The van der Waals surface area contributed by atoms with Crippen molar-refractivity contribution < 1.29 is 14.6 Å². The molecule has 1 unspecified atom stereocenters. The molecule has 2 heterocycles. The van der Waals surface area contributed by atoms with Crippen molar-refractivity contribution in [2.45, 2.75) is 25.4 Å². The minimum atomic E-state index is -0.318. The predicted octanol–water partition coefficient (Wildman–Crippen LogP) is 1.51. The number of piperidine rings is 1. The number of rotatable bonds is 2. The molecule has 0 aliphatic carbocycles. The Hall–Kier alpha value is -1.59. The number of phenols is 1. The monoisotopic (exact) mass is 290 g/mol. The molecule has 0 spiro atoms. The molecule has 0 aromatic heterocycles. The largest absolute Gasteiger partial charge is 0.508 e. The first-order valence-corrected chi connectivity index (χ1v) is 7.52. The summed E-state index contributed by atoms with van der Waals surface area (Å²) in [6.07, 6.45) is 2.14. The number of amides is 1. The number of aromatic hydroxyl groups is 1. The Morgan fingerprint density at radius 3 is 2.86 bits per heavy atom. The normalized spacial score (nSPS) is 27.9. The molecule has 2 fully saturated rings. The summed E-state index contributed by atoms with van der Waals surface area (Å²) in [4.78, 5) is 13.9. The lowest BCUT2D eigenvalue weighted by molar-refractivity contribution is -0.144. The molecule has 2 aliphatic heterocycles. The highest BCUT2D eigenvalue weighted by atomic mass is 16.5. The van der Waals surface area contributed by atoms with Crippen LogP contribution in [-0.4, -0.2) is 42.9 Å². The number of phenolic OH excluding ortho intramolecular Hbond substituents is 1. The summed E-state index contributed by atoms with van der Waals surface area (Å²) in [7, 11) is 0. The molecule has 1 atom stereocenters. The van der Waals surface area contributed by atoms with Gasteiger partial charge >= 0.3 is 0 Å². The Bertz CT molecular complexity index is 528. The molecule has 2 saturated heterocycles. The third-order valence-electron chi connectivity index (χ3n) is 4.64. The molecule has 114 valence electrons. The number of morpholine rings is 1. The first-order chi connectivity index (χ1) is 10.1. The van der Waals surface area contributed by atoms with Crippen molar-refractivity contribution in [1.29, 1.82) is 0 Å². The SMILES string of the molecule is CC1(C2CCNCC2)CN(c2cccc(O)c2)C(=O)CO1. The number of anilines is 1. The van der Waals surface area contributed by atoms with Crippen molar-refractivity contribution in [2.24, 2.45) is 5.92 Å². The van der Waals surface area contributed by atoms with Gasteiger partial charge in [-0.15, -0.1) is 0 Å². The van der Waals surface area contributed by atoms with E-state index in [4.69, 9.17) is 4.74 Å². The van der Waals surface area contributed by atoms with Gasteiger partial charge in [-0.3, -0.25) is 4.79 Å². The molecule has 5 nitrogen and oxygen atoms in total. The van der Waals surface area contributed by atoms with Gasteiger partial charge in [0, 0.05) is 11.8 Å². The summed E-state index contributed by atoms with van der Waals surface area (Å²) in [6.45, 7) is 4.76. The molecule has 21 heavy (non-hydrogen) atoms. The molecule has 1 amide bonds. The van der Waals surface area contributed by atoms with Crippen LogP contribution >= 0.6 is 0 Å². The summed E-state index contributed by atoms with van der Waals surface area (Å²) >= 11 is 0. The van der Waals surface area contributed by atoms with Gasteiger partial charge in [0.1, 0.15) is 12.4 Å². The molecule has 1 aromatic rings. The van der Waals surface area contributed by atoms with E-state index in [1.54, 1.807) is 23.1 Å². The number of carbonyl (C=O) groups is 1. The standard InChI is InChI=1S/C16H22N2O3/c1-16(12-5-7-17-8-6-12)11-18(15(20)10-21-16)13-3-2-4-14(19)9-13/h2-4,9,12,17,19H,5-8,10-11H2,1H3. The van der Waals surface area contributed by atoms with Crippen LogP contribution in [0, 0.1) is 5.92 Å². The number of nitrogens with zero attached hydrogens (tertiary/aromatic N) is 1. The third kappa shape index (κ3) is 2.89. The molecular weight excluding hydrogens is 268 g/mol. The molecule has 0 bridgehead atoms. The average Bonchev–Trinajstić information content (AvgIpc) is 2.51. The van der Waals surface area contributed by atoms with Gasteiger partial charge in [0.15, 0.2) is 0 Å². The number of nitrogens with one attached hydrogen (secondary N) is 1. The first-order valence-electron chi connectivity index (χ1n) is 7.52. The zero-order valence-electron chi connectivity index (χ0n) is 12.3. The fraction of sp³-hybridized carbons (Fsp3) is 0.562. The van der Waals surface area contributed by atoms with Crippen molar-refractivity contribution in [1.82, 2.24) is 5.32 Å². The molecule has 5 heteroatoms. The minimum Gasteiger partial charge on any atom is -0.508 e. The van der Waals surface area contributed by atoms with Gasteiger partial charge in [-0.05, 0) is 50.9 Å². The number of hydrogen-bond acceptors (Lipinski definition) is 4. The van der Waals surface area contributed by atoms with Gasteiger partial charge in [-0.2, -0.15) is 0 Å². The van der Waals surface area contributed by atoms with E-state index in [2.05, 4.69) is 12.2 Å². The van der Waals surface area contributed by atoms with Gasteiger partial charge in [0.05, 0.1) is 12.1 Å². The lowest BCUT2D eigenvalue weighted by Crippen LogP contribution is -2.58. The van der Waals surface area contributed by atoms with Crippen LogP contribution in [0.5, 0.6) is 5.75 Å². The summed E-state index contributed by atoms with van der Waals surface area (Å²) in [6, 6.07) is 6.85. The first kappa shape index (κ1) is 14.4. The lowest BCUT2D eigenvalue weighted by atomic mass is 9.81. The Morgan fingerprint density at radius 2 is 2.14 bits per heavy atom. The fourth-order valence-electron chi connectivity index (χ4n) is 3.33. The van der Waals surface area contributed by atoms with E-state index in [0.29, 0.717) is 12.5 Å². The predicted molar refractivity (Wildman–Crippen MR) is 80.4 cm³/mol. The third-order valence-corrected chi connectivity index (χ3v) is 4.64. The van der Waals surface area contributed by atoms with Crippen molar-refractivity contribution in [3.05, 3.63) is 24.3 Å². The quantitative estimate of drug-likeness (QED) is 0.867. The highest BCUT2D eigenvalue weighted by Crippen LogP contribution is 2.35. The van der Waals surface area contributed by atoms with Crippen molar-refractivity contribution in [3.8, 4) is 5.75 Å². The molecule has 0 saturated carbocycles. The van der Waals surface area contributed by atoms with Crippen LogP contribution in [0.4, 0.5) is 5.69 Å². The van der Waals surface area contributed by atoms with Crippen molar-refractivity contribution >= 4 is 11.6 Å². The smallest absolute Gasteiger partial charge is 0.253 e. The highest BCUT2D eigenvalue weighted by Gasteiger charge is 2.42. The van der Waals surface area contributed by atoms with Gasteiger partial charge < -0.3 is 20.1 Å². The average molecular weight is 290 g/mol. The molecule has 1 aromatic carbocycles. The van der Waals surface area contributed by atoms with Crippen LogP contribution in [0.25, 0.3) is 0 Å². The zero-order chi connectivity index (χ0) is 14.9. The van der Waals surface area contributed by atoms with E-state index >= 15 is 0 Å². The summed E-state index contributed by atoms with van der Waals surface area (Å²) < 4.78 is 5.92.